The number of nitrogens with zero attached hydrogens (tertiary/aromatic N) is 1. The van der Waals surface area contributed by atoms with Crippen LogP contribution < -0.4 is 10.2 Å². The van der Waals surface area contributed by atoms with Gasteiger partial charge >= 0.3 is 0 Å². The lowest BCUT2D eigenvalue weighted by Gasteiger charge is -2.28. The maximum absolute atomic E-state index is 3.61. The predicted molar refractivity (Wildman–Crippen MR) is 89.7 cm³/mol. The molecule has 0 bridgehead atoms. The molecule has 1 aromatic carbocycles. The normalized spacial score (nSPS) is 23.2. The molecule has 2 saturated heterocycles. The summed E-state index contributed by atoms with van der Waals surface area (Å²) < 4.78 is 0. The lowest BCUT2D eigenvalue weighted by atomic mass is 10.1. The Morgan fingerprint density at radius 3 is 2.55 bits per heavy atom. The minimum absolute atomic E-state index is 0.850. The molecule has 1 atom stereocenters. The summed E-state index contributed by atoms with van der Waals surface area (Å²) in [6, 6.07) is 9.18. The van der Waals surface area contributed by atoms with E-state index < -0.39 is 0 Å². The van der Waals surface area contributed by atoms with E-state index in [4.69, 9.17) is 0 Å². The molecule has 2 aliphatic rings. The molecular weight excluding hydrogens is 264 g/mol. The zero-order chi connectivity index (χ0) is 13.6. The molecule has 0 aliphatic carbocycles. The molecule has 0 radical (unpaired) electrons. The quantitative estimate of drug-likeness (QED) is 0.891. The van der Waals surface area contributed by atoms with Gasteiger partial charge in [-0.15, -0.1) is 0 Å². The predicted octanol–water partition coefficient (Wildman–Crippen LogP) is 3.66. The van der Waals surface area contributed by atoms with Crippen LogP contribution in [0.15, 0.2) is 24.3 Å². The first-order chi connectivity index (χ1) is 9.92. The fourth-order valence-electron chi connectivity index (χ4n) is 3.16. The SMILES string of the molecule is c1cc(N2CCCCC2)ccc1CNCC1CCCS1. The highest BCUT2D eigenvalue weighted by atomic mass is 32.2. The number of rotatable bonds is 5. The molecule has 110 valence electrons. The number of piperidine rings is 1. The minimum Gasteiger partial charge on any atom is -0.372 e. The van der Waals surface area contributed by atoms with Crippen molar-refractivity contribution in [2.45, 2.75) is 43.9 Å². The van der Waals surface area contributed by atoms with Gasteiger partial charge in [-0.2, -0.15) is 11.8 Å². The van der Waals surface area contributed by atoms with Crippen LogP contribution in [0.1, 0.15) is 37.7 Å². The summed E-state index contributed by atoms with van der Waals surface area (Å²) in [5.41, 5.74) is 2.81. The molecule has 0 aromatic heterocycles. The Balaban J connectivity index is 1.45. The first kappa shape index (κ1) is 14.3. The van der Waals surface area contributed by atoms with Crippen molar-refractivity contribution in [3.8, 4) is 0 Å². The monoisotopic (exact) mass is 290 g/mol. The summed E-state index contributed by atoms with van der Waals surface area (Å²) in [4.78, 5) is 2.52. The van der Waals surface area contributed by atoms with Crippen LogP contribution in [0.4, 0.5) is 5.69 Å². The van der Waals surface area contributed by atoms with Crippen molar-refractivity contribution in [3.05, 3.63) is 29.8 Å². The Bertz CT molecular complexity index is 392. The molecule has 1 aromatic rings. The van der Waals surface area contributed by atoms with Gasteiger partial charge in [-0.05, 0) is 55.6 Å². The van der Waals surface area contributed by atoms with Gasteiger partial charge in [0.15, 0.2) is 0 Å². The zero-order valence-electron chi connectivity index (χ0n) is 12.3. The first-order valence-electron chi connectivity index (χ1n) is 8.08. The fourth-order valence-corrected chi connectivity index (χ4v) is 4.40. The van der Waals surface area contributed by atoms with Crippen LogP contribution in [-0.2, 0) is 6.54 Å². The van der Waals surface area contributed by atoms with E-state index in [-0.39, 0.29) is 0 Å². The van der Waals surface area contributed by atoms with Crippen LogP contribution in [0, 0.1) is 0 Å². The van der Waals surface area contributed by atoms with E-state index in [1.807, 2.05) is 0 Å². The molecule has 1 unspecified atom stereocenters. The Kier molecular flexibility index (Phi) is 5.26. The number of anilines is 1. The summed E-state index contributed by atoms with van der Waals surface area (Å²) in [7, 11) is 0. The van der Waals surface area contributed by atoms with Crippen LogP contribution in [-0.4, -0.2) is 30.6 Å². The number of hydrogen-bond acceptors (Lipinski definition) is 3. The van der Waals surface area contributed by atoms with Crippen LogP contribution in [0.2, 0.25) is 0 Å². The smallest absolute Gasteiger partial charge is 0.0366 e. The Morgan fingerprint density at radius 2 is 1.85 bits per heavy atom. The number of benzene rings is 1. The highest BCUT2D eigenvalue weighted by Gasteiger charge is 2.14. The summed E-state index contributed by atoms with van der Waals surface area (Å²) in [5.74, 6) is 1.36. The van der Waals surface area contributed by atoms with Gasteiger partial charge in [-0.25, -0.2) is 0 Å². The van der Waals surface area contributed by atoms with Crippen molar-refractivity contribution < 1.29 is 0 Å². The lowest BCUT2D eigenvalue weighted by molar-refractivity contribution is 0.577. The molecule has 3 rings (SSSR count). The molecule has 2 fully saturated rings. The van der Waals surface area contributed by atoms with Gasteiger partial charge in [0.25, 0.3) is 0 Å². The van der Waals surface area contributed by atoms with Gasteiger partial charge < -0.3 is 10.2 Å². The molecule has 2 aliphatic heterocycles. The highest BCUT2D eigenvalue weighted by Crippen LogP contribution is 2.25. The van der Waals surface area contributed by atoms with E-state index in [1.54, 1.807) is 0 Å². The van der Waals surface area contributed by atoms with Gasteiger partial charge in [0, 0.05) is 37.1 Å². The van der Waals surface area contributed by atoms with Gasteiger partial charge in [-0.3, -0.25) is 0 Å². The molecule has 20 heavy (non-hydrogen) atoms. The van der Waals surface area contributed by atoms with Crippen LogP contribution in [0.3, 0.4) is 0 Å². The zero-order valence-corrected chi connectivity index (χ0v) is 13.1. The highest BCUT2D eigenvalue weighted by molar-refractivity contribution is 8.00. The third kappa shape index (κ3) is 3.92. The Morgan fingerprint density at radius 1 is 1.05 bits per heavy atom. The van der Waals surface area contributed by atoms with Gasteiger partial charge in [0.05, 0.1) is 0 Å². The summed E-state index contributed by atoms with van der Waals surface area (Å²) in [6.07, 6.45) is 6.90. The van der Waals surface area contributed by atoms with Crippen molar-refractivity contribution in [2.75, 3.05) is 30.3 Å². The third-order valence-corrected chi connectivity index (χ3v) is 5.78. The average Bonchev–Trinajstić information content (AvgIpc) is 3.02. The number of thioether (sulfide) groups is 1. The standard InChI is InChI=1S/C17H26N2S/c1-2-10-19(11-3-1)16-8-6-15(7-9-16)13-18-14-17-5-4-12-20-17/h6-9,17-18H,1-5,10-14H2. The molecule has 0 saturated carbocycles. The minimum atomic E-state index is 0.850. The van der Waals surface area contributed by atoms with Crippen LogP contribution in [0.25, 0.3) is 0 Å². The first-order valence-corrected chi connectivity index (χ1v) is 9.13. The van der Waals surface area contributed by atoms with Crippen LogP contribution >= 0.6 is 11.8 Å². The van der Waals surface area contributed by atoms with Crippen LogP contribution in [0.5, 0.6) is 0 Å². The van der Waals surface area contributed by atoms with Crippen molar-refractivity contribution in [1.82, 2.24) is 5.32 Å². The van der Waals surface area contributed by atoms with Gasteiger partial charge in [0.2, 0.25) is 0 Å². The van der Waals surface area contributed by atoms with E-state index in [0.717, 1.165) is 11.8 Å². The molecule has 1 N–H and O–H groups in total. The maximum Gasteiger partial charge on any atom is 0.0366 e. The van der Waals surface area contributed by atoms with E-state index in [9.17, 15) is 0 Å². The Hall–Kier alpha value is -0.670. The van der Waals surface area contributed by atoms with Gasteiger partial charge in [-0.1, -0.05) is 12.1 Å². The second kappa shape index (κ2) is 7.37. The van der Waals surface area contributed by atoms with E-state index in [2.05, 4.69) is 46.2 Å². The second-order valence-electron chi connectivity index (χ2n) is 5.98. The number of hydrogen-bond donors (Lipinski definition) is 1. The maximum atomic E-state index is 3.61. The van der Waals surface area contributed by atoms with Gasteiger partial charge in [0.1, 0.15) is 0 Å². The van der Waals surface area contributed by atoms with Crippen molar-refractivity contribution in [1.29, 1.82) is 0 Å². The third-order valence-electron chi connectivity index (χ3n) is 4.38. The molecule has 2 nitrogen and oxygen atoms in total. The topological polar surface area (TPSA) is 15.3 Å². The molecular formula is C17H26N2S. The largest absolute Gasteiger partial charge is 0.372 e. The second-order valence-corrected chi connectivity index (χ2v) is 7.39. The fraction of sp³-hybridized carbons (Fsp3) is 0.647. The molecule has 3 heteroatoms. The van der Waals surface area contributed by atoms with Crippen molar-refractivity contribution in [3.63, 3.8) is 0 Å². The molecule has 0 amide bonds. The summed E-state index contributed by atoms with van der Waals surface area (Å²) in [6.45, 7) is 4.64. The van der Waals surface area contributed by atoms with E-state index in [0.29, 0.717) is 0 Å². The van der Waals surface area contributed by atoms with Crippen molar-refractivity contribution >= 4 is 17.4 Å². The van der Waals surface area contributed by atoms with E-state index in [1.165, 1.54) is 68.7 Å². The summed E-state index contributed by atoms with van der Waals surface area (Å²) in [5, 5.41) is 4.46. The van der Waals surface area contributed by atoms with E-state index >= 15 is 0 Å². The molecule has 2 heterocycles. The Labute approximate surface area is 127 Å². The number of nitrogens with one attached hydrogen (secondary N) is 1. The molecule has 0 spiro atoms. The van der Waals surface area contributed by atoms with Crippen molar-refractivity contribution in [2.24, 2.45) is 0 Å². The average molecular weight is 290 g/mol. The lowest BCUT2D eigenvalue weighted by Crippen LogP contribution is -2.29. The summed E-state index contributed by atoms with van der Waals surface area (Å²) >= 11 is 2.13.